The van der Waals surface area contributed by atoms with E-state index in [0.29, 0.717) is 17.0 Å². The van der Waals surface area contributed by atoms with Crippen molar-refractivity contribution >= 4 is 15.5 Å². The van der Waals surface area contributed by atoms with Crippen molar-refractivity contribution in [2.45, 2.75) is 12.2 Å². The Bertz CT molecular complexity index is 724. The molecule has 1 unspecified atom stereocenters. The smallest absolute Gasteiger partial charge is 0.261 e. The van der Waals surface area contributed by atoms with Crippen LogP contribution in [0.4, 0.5) is 5.69 Å². The molecule has 8 heteroatoms. The summed E-state index contributed by atoms with van der Waals surface area (Å²) < 4.78 is 33.3. The van der Waals surface area contributed by atoms with Gasteiger partial charge in [-0.25, -0.2) is 8.42 Å². The highest BCUT2D eigenvalue weighted by Gasteiger charge is 2.24. The zero-order valence-corrected chi connectivity index (χ0v) is 12.1. The molecule has 1 atom stereocenters. The van der Waals surface area contributed by atoms with E-state index >= 15 is 0 Å². The second-order valence-corrected chi connectivity index (χ2v) is 6.76. The van der Waals surface area contributed by atoms with E-state index in [1.165, 1.54) is 14.0 Å². The number of hydrogen-bond acceptors (Lipinski definition) is 7. The number of benzene rings is 1. The Hall–Kier alpha value is -2.09. The van der Waals surface area contributed by atoms with Gasteiger partial charge in [-0.05, 0) is 19.1 Å². The molecule has 0 aliphatic heterocycles. The van der Waals surface area contributed by atoms with Crippen molar-refractivity contribution in [3.8, 4) is 17.2 Å². The number of nitrogens with two attached hydrogens (primary N) is 1. The summed E-state index contributed by atoms with van der Waals surface area (Å²) in [6, 6.07) is 4.97. The highest BCUT2D eigenvalue weighted by Crippen LogP contribution is 2.31. The number of hydrogen-bond donors (Lipinski definition) is 1. The van der Waals surface area contributed by atoms with Crippen LogP contribution in [-0.2, 0) is 9.84 Å². The lowest BCUT2D eigenvalue weighted by atomic mass is 10.2. The van der Waals surface area contributed by atoms with Crippen molar-refractivity contribution in [3.05, 3.63) is 24.0 Å². The summed E-state index contributed by atoms with van der Waals surface area (Å²) in [6.45, 7) is 1.50. The van der Waals surface area contributed by atoms with Crippen LogP contribution in [-0.4, -0.2) is 31.9 Å². The van der Waals surface area contributed by atoms with Gasteiger partial charge >= 0.3 is 0 Å². The standard InChI is InChI=1S/C12H15N3O4S/c1-7(20(3,16)17)11-14-12(19-15-11)9-5-4-8(13)6-10(9)18-2/h4-7H,13H2,1-3H3. The number of ether oxygens (including phenoxy) is 1. The minimum absolute atomic E-state index is 0.112. The molecule has 2 rings (SSSR count). The Morgan fingerprint density at radius 3 is 2.70 bits per heavy atom. The van der Waals surface area contributed by atoms with Gasteiger partial charge in [-0.2, -0.15) is 4.98 Å². The third kappa shape index (κ3) is 2.74. The number of rotatable bonds is 4. The largest absolute Gasteiger partial charge is 0.496 e. The molecule has 0 spiro atoms. The van der Waals surface area contributed by atoms with Gasteiger partial charge < -0.3 is 15.0 Å². The molecule has 0 saturated heterocycles. The summed E-state index contributed by atoms with van der Waals surface area (Å²) in [6.07, 6.45) is 1.12. The first-order chi connectivity index (χ1) is 9.32. The minimum atomic E-state index is -3.28. The zero-order valence-electron chi connectivity index (χ0n) is 11.3. The molecule has 0 aliphatic carbocycles. The molecule has 0 amide bonds. The SMILES string of the molecule is COc1cc(N)ccc1-c1nc(C(C)S(C)(=O)=O)no1. The first kappa shape index (κ1) is 14.3. The molecule has 0 bridgehead atoms. The molecule has 0 saturated carbocycles. The van der Waals surface area contributed by atoms with Crippen molar-refractivity contribution in [2.75, 3.05) is 19.1 Å². The second kappa shape index (κ2) is 5.12. The maximum absolute atomic E-state index is 11.5. The van der Waals surface area contributed by atoms with Crippen LogP contribution in [0.25, 0.3) is 11.5 Å². The normalized spacial score (nSPS) is 13.2. The molecule has 0 radical (unpaired) electrons. The average Bonchev–Trinajstić information content (AvgIpc) is 2.85. The molecule has 2 N–H and O–H groups in total. The summed E-state index contributed by atoms with van der Waals surface area (Å²) in [4.78, 5) is 4.11. The third-order valence-electron chi connectivity index (χ3n) is 2.90. The topological polar surface area (TPSA) is 108 Å². The molecule has 0 fully saturated rings. The first-order valence-electron chi connectivity index (χ1n) is 5.79. The fraction of sp³-hybridized carbons (Fsp3) is 0.333. The molecular weight excluding hydrogens is 282 g/mol. The van der Waals surface area contributed by atoms with Gasteiger partial charge in [-0.1, -0.05) is 5.16 Å². The van der Waals surface area contributed by atoms with Gasteiger partial charge in [0.05, 0.1) is 12.7 Å². The number of nitrogen functional groups attached to an aromatic ring is 1. The molecular formula is C12H15N3O4S. The number of nitrogens with zero attached hydrogens (tertiary/aromatic N) is 2. The van der Waals surface area contributed by atoms with Crippen molar-refractivity contribution in [1.82, 2.24) is 10.1 Å². The molecule has 7 nitrogen and oxygen atoms in total. The Morgan fingerprint density at radius 1 is 1.40 bits per heavy atom. The summed E-state index contributed by atoms with van der Waals surface area (Å²) in [7, 11) is -1.79. The maximum Gasteiger partial charge on any atom is 0.261 e. The highest BCUT2D eigenvalue weighted by molar-refractivity contribution is 7.90. The quantitative estimate of drug-likeness (QED) is 0.850. The van der Waals surface area contributed by atoms with Crippen LogP contribution in [0.1, 0.15) is 18.0 Å². The van der Waals surface area contributed by atoms with Crippen molar-refractivity contribution in [3.63, 3.8) is 0 Å². The van der Waals surface area contributed by atoms with E-state index in [0.717, 1.165) is 6.26 Å². The van der Waals surface area contributed by atoms with Crippen molar-refractivity contribution in [2.24, 2.45) is 0 Å². The van der Waals surface area contributed by atoms with E-state index in [1.54, 1.807) is 18.2 Å². The number of methoxy groups -OCH3 is 1. The van der Waals surface area contributed by atoms with Gasteiger partial charge in [0.1, 0.15) is 11.0 Å². The molecule has 1 aromatic heterocycles. The van der Waals surface area contributed by atoms with Gasteiger partial charge in [-0.15, -0.1) is 0 Å². The predicted octanol–water partition coefficient (Wildman–Crippen LogP) is 1.43. The molecule has 0 aliphatic rings. The minimum Gasteiger partial charge on any atom is -0.496 e. The average molecular weight is 297 g/mol. The third-order valence-corrected chi connectivity index (χ3v) is 4.40. The lowest BCUT2D eigenvalue weighted by Crippen LogP contribution is -2.09. The molecule has 2 aromatic rings. The summed E-state index contributed by atoms with van der Waals surface area (Å²) in [5.74, 6) is 0.779. The van der Waals surface area contributed by atoms with Gasteiger partial charge in [0.25, 0.3) is 5.89 Å². The van der Waals surface area contributed by atoms with E-state index in [-0.39, 0.29) is 11.7 Å². The zero-order chi connectivity index (χ0) is 14.9. The van der Waals surface area contributed by atoms with Gasteiger partial charge in [0.15, 0.2) is 15.7 Å². The van der Waals surface area contributed by atoms with E-state index in [2.05, 4.69) is 10.1 Å². The fourth-order valence-corrected chi connectivity index (χ4v) is 2.06. The number of anilines is 1. The Kier molecular flexibility index (Phi) is 3.67. The van der Waals surface area contributed by atoms with Crippen LogP contribution in [0.5, 0.6) is 5.75 Å². The second-order valence-electron chi connectivity index (χ2n) is 4.39. The molecule has 108 valence electrons. The first-order valence-corrected chi connectivity index (χ1v) is 7.74. The van der Waals surface area contributed by atoms with Gasteiger partial charge in [0.2, 0.25) is 0 Å². The molecule has 1 heterocycles. The van der Waals surface area contributed by atoms with Crippen LogP contribution >= 0.6 is 0 Å². The fourth-order valence-electron chi connectivity index (χ4n) is 1.59. The van der Waals surface area contributed by atoms with Crippen molar-refractivity contribution < 1.29 is 17.7 Å². The summed E-state index contributed by atoms with van der Waals surface area (Å²) in [5, 5.41) is 2.87. The lowest BCUT2D eigenvalue weighted by Gasteiger charge is -2.05. The van der Waals surface area contributed by atoms with Gasteiger partial charge in [-0.3, -0.25) is 0 Å². The van der Waals surface area contributed by atoms with Crippen molar-refractivity contribution in [1.29, 1.82) is 0 Å². The lowest BCUT2D eigenvalue weighted by molar-refractivity contribution is 0.402. The Morgan fingerprint density at radius 2 is 2.10 bits per heavy atom. The molecule has 1 aromatic carbocycles. The Balaban J connectivity index is 2.44. The maximum atomic E-state index is 11.5. The van der Waals surface area contributed by atoms with Crippen LogP contribution in [0, 0.1) is 0 Å². The van der Waals surface area contributed by atoms with Crippen LogP contribution in [0.2, 0.25) is 0 Å². The highest BCUT2D eigenvalue weighted by atomic mass is 32.2. The Labute approximate surface area is 116 Å². The van der Waals surface area contributed by atoms with E-state index in [9.17, 15) is 8.42 Å². The summed E-state index contributed by atoms with van der Waals surface area (Å²) in [5.41, 5.74) is 6.76. The van der Waals surface area contributed by atoms with Crippen LogP contribution in [0.15, 0.2) is 22.7 Å². The van der Waals surface area contributed by atoms with E-state index in [4.69, 9.17) is 15.0 Å². The predicted molar refractivity (Wildman–Crippen MR) is 74.0 cm³/mol. The van der Waals surface area contributed by atoms with E-state index < -0.39 is 15.1 Å². The number of sulfone groups is 1. The molecule has 20 heavy (non-hydrogen) atoms. The summed E-state index contributed by atoms with van der Waals surface area (Å²) >= 11 is 0. The number of aromatic nitrogens is 2. The van der Waals surface area contributed by atoms with Crippen LogP contribution in [0.3, 0.4) is 0 Å². The van der Waals surface area contributed by atoms with Gasteiger partial charge in [0, 0.05) is 18.0 Å². The monoisotopic (exact) mass is 297 g/mol. The van der Waals surface area contributed by atoms with E-state index in [1.807, 2.05) is 0 Å². The van der Waals surface area contributed by atoms with Crippen LogP contribution < -0.4 is 10.5 Å².